The molecule has 0 atom stereocenters. The van der Waals surface area contributed by atoms with Crippen molar-refractivity contribution in [3.05, 3.63) is 83.4 Å². The number of carboxylic acids is 2. The summed E-state index contributed by atoms with van der Waals surface area (Å²) in [5, 5.41) is 18.4. The molecule has 154 valence electrons. The van der Waals surface area contributed by atoms with Gasteiger partial charge in [-0.1, -0.05) is 39.0 Å². The maximum Gasteiger partial charge on any atom is 0.335 e. The lowest BCUT2D eigenvalue weighted by atomic mass is 9.87. The molecule has 0 aromatic heterocycles. The summed E-state index contributed by atoms with van der Waals surface area (Å²) in [5.74, 6) is -0.624. The number of ether oxygens (including phenoxy) is 2. The second kappa shape index (κ2) is 8.29. The third-order valence-electron chi connectivity index (χ3n) is 4.43. The van der Waals surface area contributed by atoms with Crippen molar-refractivity contribution >= 4 is 11.9 Å². The van der Waals surface area contributed by atoms with E-state index in [1.165, 1.54) is 24.3 Å². The monoisotopic (exact) mass is 406 g/mol. The standard InChI is InChI=1S/C24H22O6/c1-24(2,3)17-10-11-20(29-18-8-4-6-15(12-18)22(25)26)21(14-17)30-19-9-5-7-16(13-19)23(27)28/h4-14H,1-3H3,(H,25,26)(H,27,28). The lowest BCUT2D eigenvalue weighted by molar-refractivity contribution is 0.0685. The van der Waals surface area contributed by atoms with Crippen molar-refractivity contribution in [3.63, 3.8) is 0 Å². The molecule has 0 saturated heterocycles. The smallest absolute Gasteiger partial charge is 0.335 e. The zero-order valence-electron chi connectivity index (χ0n) is 16.9. The van der Waals surface area contributed by atoms with E-state index in [0.717, 1.165) is 5.56 Å². The highest BCUT2D eigenvalue weighted by molar-refractivity contribution is 5.88. The molecule has 0 spiro atoms. The van der Waals surface area contributed by atoms with E-state index in [4.69, 9.17) is 9.47 Å². The Kier molecular flexibility index (Phi) is 5.78. The van der Waals surface area contributed by atoms with Crippen LogP contribution in [0.25, 0.3) is 0 Å². The lowest BCUT2D eigenvalue weighted by Crippen LogP contribution is -2.11. The molecule has 3 rings (SSSR count). The topological polar surface area (TPSA) is 93.1 Å². The first kappa shape index (κ1) is 20.9. The van der Waals surface area contributed by atoms with E-state index in [0.29, 0.717) is 23.0 Å². The van der Waals surface area contributed by atoms with E-state index >= 15 is 0 Å². The summed E-state index contributed by atoms with van der Waals surface area (Å²) < 4.78 is 11.9. The third kappa shape index (κ3) is 4.97. The quantitative estimate of drug-likeness (QED) is 0.524. The number of benzene rings is 3. The Labute approximate surface area is 174 Å². The highest BCUT2D eigenvalue weighted by atomic mass is 16.5. The Morgan fingerprint density at radius 3 is 1.67 bits per heavy atom. The summed E-state index contributed by atoms with van der Waals surface area (Å²) in [6.45, 7) is 6.19. The van der Waals surface area contributed by atoms with Crippen molar-refractivity contribution in [2.24, 2.45) is 0 Å². The first-order valence-electron chi connectivity index (χ1n) is 9.30. The second-order valence-corrected chi connectivity index (χ2v) is 7.78. The molecule has 0 heterocycles. The number of carboxylic acid groups (broad SMARTS) is 2. The van der Waals surface area contributed by atoms with Gasteiger partial charge in [0.2, 0.25) is 0 Å². The van der Waals surface area contributed by atoms with Gasteiger partial charge < -0.3 is 19.7 Å². The molecule has 0 fully saturated rings. The number of rotatable bonds is 6. The molecule has 6 nitrogen and oxygen atoms in total. The summed E-state index contributed by atoms with van der Waals surface area (Å²) in [4.78, 5) is 22.5. The van der Waals surface area contributed by atoms with Crippen molar-refractivity contribution in [1.82, 2.24) is 0 Å². The van der Waals surface area contributed by atoms with E-state index in [1.807, 2.05) is 12.1 Å². The van der Waals surface area contributed by atoms with E-state index in [2.05, 4.69) is 20.8 Å². The summed E-state index contributed by atoms with van der Waals surface area (Å²) in [5.41, 5.74) is 1.06. The normalized spacial score (nSPS) is 11.0. The van der Waals surface area contributed by atoms with Crippen LogP contribution >= 0.6 is 0 Å². The molecule has 3 aromatic carbocycles. The van der Waals surface area contributed by atoms with Gasteiger partial charge in [0.15, 0.2) is 11.5 Å². The summed E-state index contributed by atoms with van der Waals surface area (Å²) >= 11 is 0. The molecule has 3 aromatic rings. The minimum atomic E-state index is -1.05. The molecular weight excluding hydrogens is 384 g/mol. The van der Waals surface area contributed by atoms with Crippen molar-refractivity contribution in [2.45, 2.75) is 26.2 Å². The number of aromatic carboxylic acids is 2. The largest absolute Gasteiger partial charge is 0.478 e. The SMILES string of the molecule is CC(C)(C)c1ccc(Oc2cccc(C(=O)O)c2)c(Oc2cccc(C(=O)O)c2)c1. The minimum Gasteiger partial charge on any atom is -0.478 e. The van der Waals surface area contributed by atoms with Crippen LogP contribution in [-0.4, -0.2) is 22.2 Å². The van der Waals surface area contributed by atoms with Gasteiger partial charge in [-0.2, -0.15) is 0 Å². The van der Waals surface area contributed by atoms with Crippen molar-refractivity contribution in [1.29, 1.82) is 0 Å². The maximum atomic E-state index is 11.3. The van der Waals surface area contributed by atoms with Crippen LogP contribution in [-0.2, 0) is 5.41 Å². The zero-order chi connectivity index (χ0) is 21.9. The van der Waals surface area contributed by atoms with Crippen molar-refractivity contribution < 1.29 is 29.3 Å². The summed E-state index contributed by atoms with van der Waals surface area (Å²) in [6.07, 6.45) is 0. The summed E-state index contributed by atoms with van der Waals surface area (Å²) in [7, 11) is 0. The molecule has 2 N–H and O–H groups in total. The molecule has 0 aliphatic heterocycles. The van der Waals surface area contributed by atoms with Gasteiger partial charge in [0, 0.05) is 0 Å². The Hall–Kier alpha value is -3.80. The van der Waals surface area contributed by atoms with Crippen LogP contribution in [0.5, 0.6) is 23.0 Å². The Morgan fingerprint density at radius 2 is 1.20 bits per heavy atom. The highest BCUT2D eigenvalue weighted by Crippen LogP contribution is 2.38. The summed E-state index contributed by atoms with van der Waals surface area (Å²) in [6, 6.07) is 17.8. The van der Waals surface area contributed by atoms with Crippen molar-refractivity contribution in [2.75, 3.05) is 0 Å². The van der Waals surface area contributed by atoms with Crippen LogP contribution in [0.15, 0.2) is 66.7 Å². The molecule has 0 amide bonds. The zero-order valence-corrected chi connectivity index (χ0v) is 16.9. The predicted octanol–water partition coefficient (Wildman–Crippen LogP) is 5.97. The van der Waals surface area contributed by atoms with Gasteiger partial charge in [0.1, 0.15) is 11.5 Å². The number of hydrogen-bond donors (Lipinski definition) is 2. The third-order valence-corrected chi connectivity index (χ3v) is 4.43. The second-order valence-electron chi connectivity index (χ2n) is 7.78. The van der Waals surface area contributed by atoms with E-state index in [-0.39, 0.29) is 16.5 Å². The lowest BCUT2D eigenvalue weighted by Gasteiger charge is -2.21. The minimum absolute atomic E-state index is 0.107. The molecule has 0 radical (unpaired) electrons. The van der Waals surface area contributed by atoms with Gasteiger partial charge in [-0.05, 0) is 59.5 Å². The molecule has 0 unspecified atom stereocenters. The maximum absolute atomic E-state index is 11.3. The fourth-order valence-corrected chi connectivity index (χ4v) is 2.78. The average molecular weight is 406 g/mol. The van der Waals surface area contributed by atoms with E-state index in [1.54, 1.807) is 30.3 Å². The van der Waals surface area contributed by atoms with Gasteiger partial charge in [0.25, 0.3) is 0 Å². The van der Waals surface area contributed by atoms with Gasteiger partial charge >= 0.3 is 11.9 Å². The van der Waals surface area contributed by atoms with Gasteiger partial charge in [-0.25, -0.2) is 9.59 Å². The number of carbonyl (C=O) groups is 2. The fraction of sp³-hybridized carbons (Fsp3) is 0.167. The molecule has 0 saturated carbocycles. The molecule has 6 heteroatoms. The molecular formula is C24H22O6. The molecule has 0 aliphatic carbocycles. The van der Waals surface area contributed by atoms with Gasteiger partial charge in [-0.15, -0.1) is 0 Å². The van der Waals surface area contributed by atoms with Crippen molar-refractivity contribution in [3.8, 4) is 23.0 Å². The Morgan fingerprint density at radius 1 is 0.700 bits per heavy atom. The van der Waals surface area contributed by atoms with Crippen LogP contribution in [0.4, 0.5) is 0 Å². The van der Waals surface area contributed by atoms with Crippen LogP contribution in [0, 0.1) is 0 Å². The fourth-order valence-electron chi connectivity index (χ4n) is 2.78. The van der Waals surface area contributed by atoms with Crippen LogP contribution < -0.4 is 9.47 Å². The first-order chi connectivity index (χ1) is 14.1. The predicted molar refractivity (Wildman–Crippen MR) is 112 cm³/mol. The molecule has 0 bridgehead atoms. The van der Waals surface area contributed by atoms with Crippen LogP contribution in [0.3, 0.4) is 0 Å². The number of hydrogen-bond acceptors (Lipinski definition) is 4. The van der Waals surface area contributed by atoms with E-state index < -0.39 is 11.9 Å². The highest BCUT2D eigenvalue weighted by Gasteiger charge is 2.18. The Bertz CT molecular complexity index is 1090. The van der Waals surface area contributed by atoms with Gasteiger partial charge in [-0.3, -0.25) is 0 Å². The first-order valence-corrected chi connectivity index (χ1v) is 9.30. The average Bonchev–Trinajstić information content (AvgIpc) is 2.69. The van der Waals surface area contributed by atoms with Crippen LogP contribution in [0.1, 0.15) is 47.1 Å². The van der Waals surface area contributed by atoms with Gasteiger partial charge in [0.05, 0.1) is 11.1 Å². The Balaban J connectivity index is 2.01. The molecule has 0 aliphatic rings. The van der Waals surface area contributed by atoms with E-state index in [9.17, 15) is 19.8 Å². The molecule has 30 heavy (non-hydrogen) atoms. The van der Waals surface area contributed by atoms with Crippen LogP contribution in [0.2, 0.25) is 0 Å².